The van der Waals surface area contributed by atoms with Gasteiger partial charge in [-0.1, -0.05) is 18.6 Å². The fraction of sp³-hybridized carbons (Fsp3) is 0.346. The minimum Gasteiger partial charge on any atom is -0.497 e. The Hall–Kier alpha value is -3.19. The summed E-state index contributed by atoms with van der Waals surface area (Å²) in [4.78, 5) is 14.8. The average Bonchev–Trinajstić information content (AvgIpc) is 3.03. The highest BCUT2D eigenvalue weighted by Gasteiger charge is 2.25. The summed E-state index contributed by atoms with van der Waals surface area (Å²) >= 11 is 1.70. The van der Waals surface area contributed by atoms with Crippen molar-refractivity contribution >= 4 is 27.9 Å². The zero-order chi connectivity index (χ0) is 23.2. The van der Waals surface area contributed by atoms with Gasteiger partial charge < -0.3 is 24.8 Å². The number of nitrogens with one attached hydrogen (secondary N) is 2. The van der Waals surface area contributed by atoms with Gasteiger partial charge in [0, 0.05) is 22.7 Å². The number of hydrogen-bond acceptors (Lipinski definition) is 6. The van der Waals surface area contributed by atoms with Crippen molar-refractivity contribution in [2.75, 3.05) is 32.0 Å². The first-order valence-electron chi connectivity index (χ1n) is 11.2. The van der Waals surface area contributed by atoms with Crippen LogP contribution < -0.4 is 24.8 Å². The van der Waals surface area contributed by atoms with Gasteiger partial charge in [-0.2, -0.15) is 0 Å². The number of amides is 1. The molecule has 2 N–H and O–H groups in total. The number of ether oxygens (including phenoxy) is 3. The highest BCUT2D eigenvalue weighted by atomic mass is 32.1. The zero-order valence-electron chi connectivity index (χ0n) is 19.3. The van der Waals surface area contributed by atoms with Crippen LogP contribution in [0, 0.1) is 0 Å². The summed E-state index contributed by atoms with van der Waals surface area (Å²) in [6.07, 6.45) is 5.42. The van der Waals surface area contributed by atoms with Crippen LogP contribution in [0.1, 0.15) is 45.6 Å². The summed E-state index contributed by atoms with van der Waals surface area (Å²) in [5, 5.41) is 7.49. The van der Waals surface area contributed by atoms with Crippen molar-refractivity contribution in [2.24, 2.45) is 0 Å². The molecule has 2 aromatic carbocycles. The third kappa shape index (κ3) is 5.09. The standard InChI is InChI=1S/C26H30N2O4S/c1-30-19-14-12-18(13-15-19)28-25(29)23-20-9-5-4-6-11-22(20)33-26(23)27-16-17-8-7-10-21(31-2)24(17)32-3/h7-8,10,12-15,27H,4-6,9,11,16H2,1-3H3,(H,28,29). The molecule has 1 aliphatic carbocycles. The van der Waals surface area contributed by atoms with Crippen LogP contribution in [0.15, 0.2) is 42.5 Å². The molecule has 1 aliphatic rings. The number of carbonyl (C=O) groups excluding carboxylic acids is 1. The molecule has 0 aliphatic heterocycles. The first-order chi connectivity index (χ1) is 16.1. The SMILES string of the molecule is COc1ccc(NC(=O)c2c(NCc3cccc(OC)c3OC)sc3c2CCCCC3)cc1. The zero-order valence-corrected chi connectivity index (χ0v) is 20.1. The Bertz CT molecular complexity index is 1110. The molecule has 0 saturated carbocycles. The van der Waals surface area contributed by atoms with Crippen LogP contribution >= 0.6 is 11.3 Å². The maximum absolute atomic E-state index is 13.4. The average molecular weight is 467 g/mol. The monoisotopic (exact) mass is 466 g/mol. The molecule has 4 rings (SSSR count). The molecule has 33 heavy (non-hydrogen) atoms. The summed E-state index contributed by atoms with van der Waals surface area (Å²) < 4.78 is 16.2. The lowest BCUT2D eigenvalue weighted by molar-refractivity contribution is 0.102. The Kier molecular flexibility index (Phi) is 7.40. The Morgan fingerprint density at radius 2 is 1.73 bits per heavy atom. The van der Waals surface area contributed by atoms with Crippen molar-refractivity contribution < 1.29 is 19.0 Å². The summed E-state index contributed by atoms with van der Waals surface area (Å²) in [5.74, 6) is 2.07. The highest BCUT2D eigenvalue weighted by Crippen LogP contribution is 2.39. The van der Waals surface area contributed by atoms with Crippen LogP contribution in [-0.4, -0.2) is 27.2 Å². The van der Waals surface area contributed by atoms with Gasteiger partial charge in [-0.3, -0.25) is 4.79 Å². The fourth-order valence-corrected chi connectivity index (χ4v) is 5.53. The van der Waals surface area contributed by atoms with Crippen molar-refractivity contribution in [3.05, 3.63) is 64.0 Å². The van der Waals surface area contributed by atoms with E-state index in [0.717, 1.165) is 53.2 Å². The van der Waals surface area contributed by atoms with E-state index in [1.807, 2.05) is 42.5 Å². The number of rotatable bonds is 8. The lowest BCUT2D eigenvalue weighted by atomic mass is 10.0. The van der Waals surface area contributed by atoms with Crippen LogP contribution in [0.4, 0.5) is 10.7 Å². The van der Waals surface area contributed by atoms with Crippen LogP contribution in [0.25, 0.3) is 0 Å². The number of aryl methyl sites for hydroxylation is 1. The van der Waals surface area contributed by atoms with Crippen molar-refractivity contribution in [1.82, 2.24) is 0 Å². The van der Waals surface area contributed by atoms with Gasteiger partial charge in [-0.25, -0.2) is 0 Å². The number of thiophene rings is 1. The molecular formula is C26H30N2O4S. The van der Waals surface area contributed by atoms with Crippen molar-refractivity contribution in [3.63, 3.8) is 0 Å². The van der Waals surface area contributed by atoms with E-state index in [2.05, 4.69) is 10.6 Å². The minimum absolute atomic E-state index is 0.0836. The number of anilines is 2. The largest absolute Gasteiger partial charge is 0.497 e. The van der Waals surface area contributed by atoms with Gasteiger partial charge in [-0.15, -0.1) is 11.3 Å². The molecule has 7 heteroatoms. The molecule has 1 amide bonds. The van der Waals surface area contributed by atoms with E-state index in [4.69, 9.17) is 14.2 Å². The maximum Gasteiger partial charge on any atom is 0.258 e. The molecule has 0 radical (unpaired) electrons. The summed E-state index contributed by atoms with van der Waals surface area (Å²) in [6.45, 7) is 0.530. The van der Waals surface area contributed by atoms with Crippen LogP contribution in [0.3, 0.4) is 0 Å². The van der Waals surface area contributed by atoms with E-state index < -0.39 is 0 Å². The topological polar surface area (TPSA) is 68.8 Å². The van der Waals surface area contributed by atoms with E-state index in [1.165, 1.54) is 16.9 Å². The van der Waals surface area contributed by atoms with Crippen molar-refractivity contribution in [3.8, 4) is 17.2 Å². The Morgan fingerprint density at radius 3 is 2.45 bits per heavy atom. The molecule has 1 heterocycles. The van der Waals surface area contributed by atoms with Gasteiger partial charge in [0.25, 0.3) is 5.91 Å². The molecule has 0 unspecified atom stereocenters. The van der Waals surface area contributed by atoms with E-state index in [9.17, 15) is 4.79 Å². The molecular weight excluding hydrogens is 436 g/mol. The van der Waals surface area contributed by atoms with Gasteiger partial charge in [0.1, 0.15) is 10.8 Å². The Balaban J connectivity index is 1.62. The third-order valence-corrected chi connectivity index (χ3v) is 7.17. The molecule has 6 nitrogen and oxygen atoms in total. The number of methoxy groups -OCH3 is 3. The molecule has 174 valence electrons. The molecule has 0 spiro atoms. The number of benzene rings is 2. The van der Waals surface area contributed by atoms with Crippen molar-refractivity contribution in [1.29, 1.82) is 0 Å². The van der Waals surface area contributed by atoms with E-state index >= 15 is 0 Å². The van der Waals surface area contributed by atoms with Crippen LogP contribution in [0.5, 0.6) is 17.2 Å². The van der Waals surface area contributed by atoms with Crippen LogP contribution in [-0.2, 0) is 19.4 Å². The molecule has 1 aromatic heterocycles. The number of para-hydroxylation sites is 1. The lowest BCUT2D eigenvalue weighted by Gasteiger charge is -2.14. The first kappa shape index (κ1) is 23.0. The van der Waals surface area contributed by atoms with E-state index in [1.54, 1.807) is 32.7 Å². The third-order valence-electron chi connectivity index (χ3n) is 5.92. The Labute approximate surface area is 198 Å². The second-order valence-electron chi connectivity index (χ2n) is 7.96. The van der Waals surface area contributed by atoms with Gasteiger partial charge in [0.15, 0.2) is 11.5 Å². The molecule has 0 bridgehead atoms. The van der Waals surface area contributed by atoms with E-state index in [0.29, 0.717) is 18.0 Å². The minimum atomic E-state index is -0.0836. The summed E-state index contributed by atoms with van der Waals surface area (Å²) in [5.41, 5.74) is 3.66. The number of fused-ring (bicyclic) bond motifs is 1. The van der Waals surface area contributed by atoms with Gasteiger partial charge in [0.05, 0.1) is 26.9 Å². The predicted molar refractivity (Wildman–Crippen MR) is 133 cm³/mol. The predicted octanol–water partition coefficient (Wildman–Crippen LogP) is 5.91. The number of hydrogen-bond donors (Lipinski definition) is 2. The molecule has 3 aromatic rings. The summed E-state index contributed by atoms with van der Waals surface area (Å²) in [6, 6.07) is 13.2. The second kappa shape index (κ2) is 10.6. The highest BCUT2D eigenvalue weighted by molar-refractivity contribution is 7.16. The Morgan fingerprint density at radius 1 is 0.939 bits per heavy atom. The smallest absolute Gasteiger partial charge is 0.258 e. The number of carbonyl (C=O) groups is 1. The maximum atomic E-state index is 13.4. The van der Waals surface area contributed by atoms with Crippen LogP contribution in [0.2, 0.25) is 0 Å². The quantitative estimate of drug-likeness (QED) is 0.404. The van der Waals surface area contributed by atoms with Crippen molar-refractivity contribution in [2.45, 2.75) is 38.6 Å². The molecule has 0 saturated heterocycles. The lowest BCUT2D eigenvalue weighted by Crippen LogP contribution is -2.15. The molecule has 0 atom stereocenters. The van der Waals surface area contributed by atoms with Gasteiger partial charge in [0.2, 0.25) is 0 Å². The van der Waals surface area contributed by atoms with E-state index in [-0.39, 0.29) is 5.91 Å². The second-order valence-corrected chi connectivity index (χ2v) is 9.06. The normalized spacial score (nSPS) is 12.9. The molecule has 0 fully saturated rings. The van der Waals surface area contributed by atoms with Gasteiger partial charge >= 0.3 is 0 Å². The van der Waals surface area contributed by atoms with Gasteiger partial charge in [-0.05, 0) is 61.6 Å². The first-order valence-corrected chi connectivity index (χ1v) is 12.0. The summed E-state index contributed by atoms with van der Waals surface area (Å²) in [7, 11) is 4.90. The fourth-order valence-electron chi connectivity index (χ4n) is 4.24.